The maximum absolute atomic E-state index is 13.4. The third-order valence-corrected chi connectivity index (χ3v) is 3.49. The molecule has 2 rings (SSSR count). The fourth-order valence-corrected chi connectivity index (χ4v) is 2.36. The van der Waals surface area contributed by atoms with E-state index in [1.54, 1.807) is 12.1 Å². The Morgan fingerprint density at radius 1 is 1.32 bits per heavy atom. The van der Waals surface area contributed by atoms with E-state index in [2.05, 4.69) is 0 Å². The minimum absolute atomic E-state index is 0.0539. The molecule has 2 N–H and O–H groups in total. The van der Waals surface area contributed by atoms with Gasteiger partial charge in [-0.15, -0.1) is 11.3 Å². The summed E-state index contributed by atoms with van der Waals surface area (Å²) in [5.41, 5.74) is 4.32. The average molecular weight is 304 g/mol. The molecule has 0 spiro atoms. The van der Waals surface area contributed by atoms with Gasteiger partial charge in [0, 0.05) is 10.9 Å². The van der Waals surface area contributed by atoms with Gasteiger partial charge in [0.1, 0.15) is 18.2 Å². The maximum atomic E-state index is 13.4. The molecule has 1 aromatic heterocycles. The monoisotopic (exact) mass is 303 g/mol. The predicted octanol–water partition coefficient (Wildman–Crippen LogP) is 3.62. The minimum atomic E-state index is -0.957. The van der Waals surface area contributed by atoms with Crippen LogP contribution >= 0.6 is 22.9 Å². The Balaban J connectivity index is 2.10. The highest BCUT2D eigenvalue weighted by Crippen LogP contribution is 2.23. The number of nitrogen functional groups attached to an aromatic ring is 1. The van der Waals surface area contributed by atoms with Gasteiger partial charge in [0.15, 0.2) is 0 Å². The lowest BCUT2D eigenvalue weighted by atomic mass is 10.2. The fraction of sp³-hybridized carbons (Fsp3) is 0.0833. The van der Waals surface area contributed by atoms with Crippen molar-refractivity contribution in [2.24, 2.45) is 0 Å². The number of halogens is 3. The fourth-order valence-electron chi connectivity index (χ4n) is 1.36. The van der Waals surface area contributed by atoms with E-state index >= 15 is 0 Å². The van der Waals surface area contributed by atoms with Crippen LogP contribution in [0.2, 0.25) is 4.34 Å². The number of thiophene rings is 1. The number of benzene rings is 1. The molecule has 0 amide bonds. The van der Waals surface area contributed by atoms with Crippen molar-refractivity contribution in [1.82, 2.24) is 0 Å². The molecule has 1 heterocycles. The third kappa shape index (κ3) is 3.21. The van der Waals surface area contributed by atoms with Crippen molar-refractivity contribution in [3.63, 3.8) is 0 Å². The number of carbonyl (C=O) groups excluding carboxylic acids is 1. The molecule has 1 aromatic carbocycles. The van der Waals surface area contributed by atoms with Crippen molar-refractivity contribution >= 4 is 34.6 Å². The highest BCUT2D eigenvalue weighted by molar-refractivity contribution is 7.16. The van der Waals surface area contributed by atoms with Crippen molar-refractivity contribution in [3.8, 4) is 0 Å². The largest absolute Gasteiger partial charge is 0.456 e. The Morgan fingerprint density at radius 3 is 2.68 bits per heavy atom. The van der Waals surface area contributed by atoms with Gasteiger partial charge in [0.05, 0.1) is 15.6 Å². The van der Waals surface area contributed by atoms with E-state index in [4.69, 9.17) is 22.1 Å². The first-order chi connectivity index (χ1) is 8.97. The van der Waals surface area contributed by atoms with E-state index in [0.717, 1.165) is 6.07 Å². The highest BCUT2D eigenvalue weighted by Gasteiger charge is 2.16. The molecule has 0 radical (unpaired) electrons. The molecule has 7 heteroatoms. The smallest absolute Gasteiger partial charge is 0.341 e. The second-order valence-corrected chi connectivity index (χ2v) is 5.44. The molecule has 0 aliphatic carbocycles. The van der Waals surface area contributed by atoms with Crippen molar-refractivity contribution in [2.45, 2.75) is 6.61 Å². The summed E-state index contributed by atoms with van der Waals surface area (Å²) in [7, 11) is 0. The molecule has 0 atom stereocenters. The van der Waals surface area contributed by atoms with E-state index in [1.807, 2.05) is 0 Å². The van der Waals surface area contributed by atoms with Gasteiger partial charge in [-0.1, -0.05) is 11.6 Å². The number of carbonyl (C=O) groups is 1. The Bertz CT molecular complexity index is 630. The first kappa shape index (κ1) is 13.8. The summed E-state index contributed by atoms with van der Waals surface area (Å²) in [6.07, 6.45) is 0. The van der Waals surface area contributed by atoms with Gasteiger partial charge in [0.25, 0.3) is 0 Å². The zero-order chi connectivity index (χ0) is 14.0. The zero-order valence-electron chi connectivity index (χ0n) is 9.45. The van der Waals surface area contributed by atoms with E-state index in [1.165, 1.54) is 11.3 Å². The van der Waals surface area contributed by atoms with Crippen LogP contribution in [-0.2, 0) is 11.3 Å². The van der Waals surface area contributed by atoms with Crippen LogP contribution in [0.25, 0.3) is 0 Å². The number of hydrogen-bond acceptors (Lipinski definition) is 4. The molecule has 100 valence electrons. The molecule has 19 heavy (non-hydrogen) atoms. The predicted molar refractivity (Wildman–Crippen MR) is 69.2 cm³/mol. The molecular formula is C12H8ClF2NO2S. The van der Waals surface area contributed by atoms with E-state index in [-0.39, 0.29) is 12.3 Å². The number of nitrogens with two attached hydrogens (primary N) is 1. The molecule has 2 aromatic rings. The molecule has 0 unspecified atom stereocenters. The Kier molecular flexibility index (Phi) is 4.01. The Labute approximate surface area is 116 Å². The summed E-state index contributed by atoms with van der Waals surface area (Å²) < 4.78 is 32.0. The summed E-state index contributed by atoms with van der Waals surface area (Å²) in [5, 5.41) is 0. The van der Waals surface area contributed by atoms with E-state index in [0.29, 0.717) is 15.3 Å². The lowest BCUT2D eigenvalue weighted by Gasteiger charge is -2.05. The van der Waals surface area contributed by atoms with Crippen LogP contribution in [0.15, 0.2) is 24.3 Å². The first-order valence-electron chi connectivity index (χ1n) is 5.13. The SMILES string of the molecule is Nc1cc(F)c(C(=O)OCc2ccc(Cl)s2)cc1F. The van der Waals surface area contributed by atoms with Crippen molar-refractivity contribution in [1.29, 1.82) is 0 Å². The minimum Gasteiger partial charge on any atom is -0.456 e. The van der Waals surface area contributed by atoms with Gasteiger partial charge < -0.3 is 10.5 Å². The van der Waals surface area contributed by atoms with Gasteiger partial charge in [-0.25, -0.2) is 13.6 Å². The number of anilines is 1. The van der Waals surface area contributed by atoms with Gasteiger partial charge in [-0.3, -0.25) is 0 Å². The summed E-state index contributed by atoms with van der Waals surface area (Å²) >= 11 is 6.95. The normalized spacial score (nSPS) is 10.5. The summed E-state index contributed by atoms with van der Waals surface area (Å²) in [4.78, 5) is 12.3. The van der Waals surface area contributed by atoms with Crippen LogP contribution in [-0.4, -0.2) is 5.97 Å². The van der Waals surface area contributed by atoms with Crippen molar-refractivity contribution < 1.29 is 18.3 Å². The summed E-state index contributed by atoms with van der Waals surface area (Å²) in [6, 6.07) is 4.79. The molecule has 0 fully saturated rings. The Hall–Kier alpha value is -1.66. The second-order valence-electron chi connectivity index (χ2n) is 3.64. The Morgan fingerprint density at radius 2 is 2.05 bits per heavy atom. The van der Waals surface area contributed by atoms with Crippen LogP contribution < -0.4 is 5.73 Å². The second kappa shape index (κ2) is 5.54. The van der Waals surface area contributed by atoms with Gasteiger partial charge in [0.2, 0.25) is 0 Å². The number of hydrogen-bond donors (Lipinski definition) is 1. The summed E-state index contributed by atoms with van der Waals surface area (Å²) in [5.74, 6) is -2.75. The lowest BCUT2D eigenvalue weighted by molar-refractivity contribution is 0.0471. The average Bonchev–Trinajstić information content (AvgIpc) is 2.77. The standard InChI is InChI=1S/C12H8ClF2NO2S/c13-11-2-1-6(19-11)5-18-12(17)7-3-9(15)10(16)4-8(7)14/h1-4H,5,16H2. The van der Waals surface area contributed by atoms with Crippen LogP contribution in [0.5, 0.6) is 0 Å². The van der Waals surface area contributed by atoms with E-state index in [9.17, 15) is 13.6 Å². The van der Waals surface area contributed by atoms with E-state index < -0.39 is 23.2 Å². The molecular weight excluding hydrogens is 296 g/mol. The molecule has 0 saturated heterocycles. The molecule has 0 bridgehead atoms. The van der Waals surface area contributed by atoms with Crippen LogP contribution in [0.4, 0.5) is 14.5 Å². The molecule has 0 saturated carbocycles. The van der Waals surface area contributed by atoms with Crippen molar-refractivity contribution in [3.05, 3.63) is 50.7 Å². The molecule has 0 aliphatic rings. The first-order valence-corrected chi connectivity index (χ1v) is 6.32. The number of rotatable bonds is 3. The maximum Gasteiger partial charge on any atom is 0.341 e. The van der Waals surface area contributed by atoms with Crippen molar-refractivity contribution in [2.75, 3.05) is 5.73 Å². The van der Waals surface area contributed by atoms with Crippen LogP contribution in [0, 0.1) is 11.6 Å². The molecule has 0 aliphatic heterocycles. The van der Waals surface area contributed by atoms with Gasteiger partial charge in [-0.05, 0) is 18.2 Å². The van der Waals surface area contributed by atoms with Crippen LogP contribution in [0.1, 0.15) is 15.2 Å². The summed E-state index contributed by atoms with van der Waals surface area (Å²) in [6.45, 7) is -0.0539. The molecule has 3 nitrogen and oxygen atoms in total. The lowest BCUT2D eigenvalue weighted by Crippen LogP contribution is -2.08. The quantitative estimate of drug-likeness (QED) is 0.696. The third-order valence-electron chi connectivity index (χ3n) is 2.28. The zero-order valence-corrected chi connectivity index (χ0v) is 11.0. The van der Waals surface area contributed by atoms with Gasteiger partial charge >= 0.3 is 5.97 Å². The van der Waals surface area contributed by atoms with Crippen LogP contribution in [0.3, 0.4) is 0 Å². The topological polar surface area (TPSA) is 52.3 Å². The number of ether oxygens (including phenoxy) is 1. The highest BCUT2D eigenvalue weighted by atomic mass is 35.5. The number of esters is 1. The van der Waals surface area contributed by atoms with Gasteiger partial charge in [-0.2, -0.15) is 0 Å².